The van der Waals surface area contributed by atoms with Gasteiger partial charge in [0.1, 0.15) is 11.3 Å². The SMILES string of the molecule is C1=C(c2cc3ncccc3o2)CCC2CCCNC12. The lowest BCUT2D eigenvalue weighted by Crippen LogP contribution is -2.41. The molecule has 98 valence electrons. The lowest BCUT2D eigenvalue weighted by molar-refractivity contribution is 0.297. The molecule has 1 aliphatic carbocycles. The highest BCUT2D eigenvalue weighted by Crippen LogP contribution is 2.35. The van der Waals surface area contributed by atoms with E-state index in [1.807, 2.05) is 18.3 Å². The summed E-state index contributed by atoms with van der Waals surface area (Å²) in [5.74, 6) is 1.82. The maximum Gasteiger partial charge on any atom is 0.153 e. The minimum absolute atomic E-state index is 0.540. The van der Waals surface area contributed by atoms with Crippen LogP contribution in [0.15, 0.2) is 34.9 Å². The maximum atomic E-state index is 5.93. The molecule has 0 saturated carbocycles. The number of nitrogens with zero attached hydrogens (tertiary/aromatic N) is 1. The van der Waals surface area contributed by atoms with Crippen molar-refractivity contribution >= 4 is 16.7 Å². The van der Waals surface area contributed by atoms with E-state index >= 15 is 0 Å². The van der Waals surface area contributed by atoms with Gasteiger partial charge in [0.15, 0.2) is 5.58 Å². The van der Waals surface area contributed by atoms with E-state index in [-0.39, 0.29) is 0 Å². The van der Waals surface area contributed by atoms with Gasteiger partial charge in [-0.25, -0.2) is 0 Å². The van der Waals surface area contributed by atoms with Crippen LogP contribution >= 0.6 is 0 Å². The molecule has 0 bridgehead atoms. The number of furan rings is 1. The van der Waals surface area contributed by atoms with Crippen molar-refractivity contribution in [3.8, 4) is 0 Å². The second-order valence-corrected chi connectivity index (χ2v) is 5.61. The first-order valence-corrected chi connectivity index (χ1v) is 7.19. The molecule has 2 unspecified atom stereocenters. The number of nitrogens with one attached hydrogen (secondary N) is 1. The van der Waals surface area contributed by atoms with Crippen LogP contribution in [0.25, 0.3) is 16.7 Å². The van der Waals surface area contributed by atoms with Crippen LogP contribution in [0.1, 0.15) is 31.4 Å². The number of hydrogen-bond acceptors (Lipinski definition) is 3. The molecule has 0 amide bonds. The predicted octanol–water partition coefficient (Wildman–Crippen LogP) is 3.37. The Morgan fingerprint density at radius 3 is 3.26 bits per heavy atom. The van der Waals surface area contributed by atoms with Gasteiger partial charge in [-0.2, -0.15) is 0 Å². The molecule has 2 aromatic rings. The summed E-state index contributed by atoms with van der Waals surface area (Å²) in [5, 5.41) is 3.62. The van der Waals surface area contributed by atoms with Crippen molar-refractivity contribution in [2.24, 2.45) is 5.92 Å². The van der Waals surface area contributed by atoms with Crippen LogP contribution in [0.4, 0.5) is 0 Å². The summed E-state index contributed by atoms with van der Waals surface area (Å²) in [6.45, 7) is 1.15. The molecule has 0 spiro atoms. The fourth-order valence-electron chi connectivity index (χ4n) is 3.37. The summed E-state index contributed by atoms with van der Waals surface area (Å²) in [5.41, 5.74) is 3.18. The highest BCUT2D eigenvalue weighted by atomic mass is 16.3. The Bertz CT molecular complexity index is 595. The highest BCUT2D eigenvalue weighted by Gasteiger charge is 2.28. The van der Waals surface area contributed by atoms with Gasteiger partial charge in [0.05, 0.1) is 0 Å². The molecule has 0 aromatic carbocycles. The molecule has 1 aliphatic heterocycles. The molecule has 1 N–H and O–H groups in total. The van der Waals surface area contributed by atoms with Crippen molar-refractivity contribution < 1.29 is 4.42 Å². The zero-order chi connectivity index (χ0) is 12.7. The third kappa shape index (κ3) is 1.98. The lowest BCUT2D eigenvalue weighted by atomic mass is 9.80. The first-order chi connectivity index (χ1) is 9.40. The Kier molecular flexibility index (Phi) is 2.66. The molecule has 0 radical (unpaired) electrons. The molecular formula is C16H18N2O. The summed E-state index contributed by atoms with van der Waals surface area (Å²) in [6.07, 6.45) is 9.28. The van der Waals surface area contributed by atoms with Crippen LogP contribution < -0.4 is 5.32 Å². The fraction of sp³-hybridized carbons (Fsp3) is 0.438. The topological polar surface area (TPSA) is 38.1 Å². The van der Waals surface area contributed by atoms with Crippen LogP contribution in [-0.4, -0.2) is 17.6 Å². The van der Waals surface area contributed by atoms with Crippen LogP contribution in [0.3, 0.4) is 0 Å². The first kappa shape index (κ1) is 11.2. The van der Waals surface area contributed by atoms with E-state index in [9.17, 15) is 0 Å². The molecule has 2 aliphatic rings. The van der Waals surface area contributed by atoms with E-state index in [0.717, 1.165) is 35.7 Å². The monoisotopic (exact) mass is 254 g/mol. The van der Waals surface area contributed by atoms with Crippen molar-refractivity contribution in [1.82, 2.24) is 10.3 Å². The number of piperidine rings is 1. The molecule has 2 atom stereocenters. The Hall–Kier alpha value is -1.61. The second-order valence-electron chi connectivity index (χ2n) is 5.61. The van der Waals surface area contributed by atoms with Crippen molar-refractivity contribution in [1.29, 1.82) is 0 Å². The molecule has 2 aromatic heterocycles. The summed E-state index contributed by atoms with van der Waals surface area (Å²) >= 11 is 0. The van der Waals surface area contributed by atoms with Gasteiger partial charge in [0.25, 0.3) is 0 Å². The Balaban J connectivity index is 1.69. The molecule has 1 fully saturated rings. The highest BCUT2D eigenvalue weighted by molar-refractivity contribution is 5.78. The largest absolute Gasteiger partial charge is 0.455 e. The predicted molar refractivity (Wildman–Crippen MR) is 75.7 cm³/mol. The number of aromatic nitrogens is 1. The number of hydrogen-bond donors (Lipinski definition) is 1. The molecule has 4 rings (SSSR count). The summed E-state index contributed by atoms with van der Waals surface area (Å²) in [6, 6.07) is 6.52. The Labute approximate surface area is 112 Å². The summed E-state index contributed by atoms with van der Waals surface area (Å²) in [4.78, 5) is 4.34. The van der Waals surface area contributed by atoms with Gasteiger partial charge < -0.3 is 9.73 Å². The zero-order valence-corrected chi connectivity index (χ0v) is 10.9. The quantitative estimate of drug-likeness (QED) is 0.848. The van der Waals surface area contributed by atoms with Crippen LogP contribution in [0.5, 0.6) is 0 Å². The van der Waals surface area contributed by atoms with Gasteiger partial charge in [-0.05, 0) is 55.9 Å². The van der Waals surface area contributed by atoms with Gasteiger partial charge in [-0.1, -0.05) is 6.08 Å². The minimum Gasteiger partial charge on any atom is -0.455 e. The van der Waals surface area contributed by atoms with E-state index in [0.29, 0.717) is 6.04 Å². The lowest BCUT2D eigenvalue weighted by Gasteiger charge is -2.34. The maximum absolute atomic E-state index is 5.93. The third-order valence-electron chi connectivity index (χ3n) is 4.41. The average Bonchev–Trinajstić information content (AvgIpc) is 2.90. The first-order valence-electron chi connectivity index (χ1n) is 7.19. The number of allylic oxidation sites excluding steroid dienone is 1. The smallest absolute Gasteiger partial charge is 0.153 e. The Morgan fingerprint density at radius 1 is 1.32 bits per heavy atom. The van der Waals surface area contributed by atoms with Crippen LogP contribution in [0, 0.1) is 5.92 Å². The van der Waals surface area contributed by atoms with Crippen LogP contribution in [-0.2, 0) is 0 Å². The van der Waals surface area contributed by atoms with E-state index in [1.54, 1.807) is 0 Å². The molecule has 3 nitrogen and oxygen atoms in total. The molecule has 3 heterocycles. The van der Waals surface area contributed by atoms with E-state index < -0.39 is 0 Å². The van der Waals surface area contributed by atoms with Gasteiger partial charge in [-0.15, -0.1) is 0 Å². The van der Waals surface area contributed by atoms with Gasteiger partial charge in [-0.3, -0.25) is 4.98 Å². The van der Waals surface area contributed by atoms with Gasteiger partial charge in [0.2, 0.25) is 0 Å². The van der Waals surface area contributed by atoms with E-state index in [4.69, 9.17) is 4.42 Å². The normalized spacial score (nSPS) is 27.1. The van der Waals surface area contributed by atoms with Gasteiger partial charge >= 0.3 is 0 Å². The molecular weight excluding hydrogens is 236 g/mol. The van der Waals surface area contributed by atoms with Crippen molar-refractivity contribution in [2.75, 3.05) is 6.54 Å². The average molecular weight is 254 g/mol. The number of fused-ring (bicyclic) bond motifs is 2. The van der Waals surface area contributed by atoms with Crippen molar-refractivity contribution in [2.45, 2.75) is 31.7 Å². The van der Waals surface area contributed by atoms with Crippen molar-refractivity contribution in [3.63, 3.8) is 0 Å². The summed E-state index contributed by atoms with van der Waals surface area (Å²) in [7, 11) is 0. The van der Waals surface area contributed by atoms with E-state index in [1.165, 1.54) is 24.8 Å². The Morgan fingerprint density at radius 2 is 2.32 bits per heavy atom. The van der Waals surface area contributed by atoms with E-state index in [2.05, 4.69) is 22.4 Å². The van der Waals surface area contributed by atoms with Crippen molar-refractivity contribution in [3.05, 3.63) is 36.2 Å². The minimum atomic E-state index is 0.540. The number of rotatable bonds is 1. The number of pyridine rings is 1. The molecule has 1 saturated heterocycles. The zero-order valence-electron chi connectivity index (χ0n) is 10.9. The fourth-order valence-corrected chi connectivity index (χ4v) is 3.37. The van der Waals surface area contributed by atoms with Gasteiger partial charge in [0, 0.05) is 18.3 Å². The molecule has 19 heavy (non-hydrogen) atoms. The standard InChI is InChI=1S/C16H18N2O/c1-3-11-5-6-12(9-13(11)17-7-1)16-10-14-15(19-16)4-2-8-18-14/h2,4,8-11,13,17H,1,3,5-7H2. The second kappa shape index (κ2) is 4.49. The summed E-state index contributed by atoms with van der Waals surface area (Å²) < 4.78 is 5.93. The third-order valence-corrected chi connectivity index (χ3v) is 4.41. The van der Waals surface area contributed by atoms with Crippen LogP contribution in [0.2, 0.25) is 0 Å². The molecule has 3 heteroatoms.